The summed E-state index contributed by atoms with van der Waals surface area (Å²) >= 11 is 6.28. The Balaban J connectivity index is 1.52. The van der Waals surface area contributed by atoms with Gasteiger partial charge in [-0.3, -0.25) is 9.48 Å². The number of aromatic nitrogens is 4. The molecule has 2 aromatic heterocycles. The first kappa shape index (κ1) is 19.7. The molecule has 0 saturated heterocycles. The maximum absolute atomic E-state index is 13.8. The molecule has 10 heteroatoms. The second-order valence-corrected chi connectivity index (χ2v) is 6.79. The molecule has 2 aromatic carbocycles. The summed E-state index contributed by atoms with van der Waals surface area (Å²) in [5, 5.41) is 14.9. The molecule has 0 saturated carbocycles. The van der Waals surface area contributed by atoms with Crippen molar-refractivity contribution in [2.45, 2.75) is 13.5 Å². The second kappa shape index (κ2) is 8.03. The third-order valence-electron chi connectivity index (χ3n) is 4.22. The van der Waals surface area contributed by atoms with Gasteiger partial charge in [-0.1, -0.05) is 17.7 Å². The summed E-state index contributed by atoms with van der Waals surface area (Å²) in [7, 11) is 0. The molecule has 152 valence electrons. The average Bonchev–Trinajstić information content (AvgIpc) is 3.32. The van der Waals surface area contributed by atoms with Crippen molar-refractivity contribution >= 4 is 23.3 Å². The van der Waals surface area contributed by atoms with Crippen LogP contribution in [0.15, 0.2) is 53.1 Å². The number of rotatable bonds is 5. The molecule has 0 aliphatic carbocycles. The Morgan fingerprint density at radius 3 is 2.63 bits per heavy atom. The van der Waals surface area contributed by atoms with Gasteiger partial charge in [-0.2, -0.15) is 5.10 Å². The number of carbonyl (C=O) groups is 1. The van der Waals surface area contributed by atoms with Crippen LogP contribution in [-0.2, 0) is 6.54 Å². The van der Waals surface area contributed by atoms with Crippen molar-refractivity contribution in [2.75, 3.05) is 5.32 Å². The van der Waals surface area contributed by atoms with Crippen LogP contribution in [-0.4, -0.2) is 25.9 Å². The number of amides is 1. The van der Waals surface area contributed by atoms with Gasteiger partial charge in [-0.05, 0) is 35.9 Å². The molecule has 0 aliphatic heterocycles. The molecule has 0 unspecified atom stereocenters. The number of anilines is 1. The number of carbonyl (C=O) groups excluding carboxylic acids is 1. The van der Waals surface area contributed by atoms with Crippen LogP contribution in [0.2, 0.25) is 5.02 Å². The smallest absolute Gasteiger partial charge is 0.262 e. The van der Waals surface area contributed by atoms with Crippen molar-refractivity contribution in [1.29, 1.82) is 0 Å². The van der Waals surface area contributed by atoms with E-state index in [-0.39, 0.29) is 12.4 Å². The van der Waals surface area contributed by atoms with Crippen LogP contribution in [0, 0.1) is 18.6 Å². The lowest BCUT2D eigenvalue weighted by Gasteiger charge is -2.07. The second-order valence-electron chi connectivity index (χ2n) is 6.38. The SMILES string of the molecule is Cc1nnc(-c2ccc(Cl)c(Cn3ccc(NC(=O)c4c(F)cccc4F)n3)c2)o1. The zero-order valence-corrected chi connectivity index (χ0v) is 16.3. The first-order chi connectivity index (χ1) is 14.4. The monoisotopic (exact) mass is 429 g/mol. The standard InChI is InChI=1S/C20H14ClF2N5O2/c1-11-25-26-20(30-11)12-5-6-14(21)13(9-12)10-28-8-7-17(27-28)24-19(29)18-15(22)3-2-4-16(18)23/h2-9H,10H2,1H3,(H,24,27,29). The van der Waals surface area contributed by atoms with Gasteiger partial charge in [0, 0.05) is 29.8 Å². The van der Waals surface area contributed by atoms with Gasteiger partial charge in [-0.25, -0.2) is 8.78 Å². The lowest BCUT2D eigenvalue weighted by molar-refractivity contribution is 0.101. The molecular weight excluding hydrogens is 416 g/mol. The highest BCUT2D eigenvalue weighted by Crippen LogP contribution is 2.25. The van der Waals surface area contributed by atoms with Gasteiger partial charge in [0.1, 0.15) is 17.2 Å². The van der Waals surface area contributed by atoms with Crippen molar-refractivity contribution in [3.63, 3.8) is 0 Å². The maximum Gasteiger partial charge on any atom is 0.262 e. The zero-order chi connectivity index (χ0) is 21.3. The van der Waals surface area contributed by atoms with E-state index in [9.17, 15) is 13.6 Å². The Kier molecular flexibility index (Phi) is 5.28. The van der Waals surface area contributed by atoms with Gasteiger partial charge in [0.25, 0.3) is 5.91 Å². The molecule has 0 radical (unpaired) electrons. The summed E-state index contributed by atoms with van der Waals surface area (Å²) in [6.07, 6.45) is 1.60. The number of nitrogens with one attached hydrogen (secondary N) is 1. The van der Waals surface area contributed by atoms with Crippen molar-refractivity contribution < 1.29 is 18.0 Å². The molecule has 0 bridgehead atoms. The summed E-state index contributed by atoms with van der Waals surface area (Å²) in [5.74, 6) is -1.88. The topological polar surface area (TPSA) is 85.8 Å². The summed E-state index contributed by atoms with van der Waals surface area (Å²) in [5.41, 5.74) is 0.759. The van der Waals surface area contributed by atoms with Crippen molar-refractivity contribution in [2.24, 2.45) is 0 Å². The van der Waals surface area contributed by atoms with E-state index in [0.717, 1.165) is 17.7 Å². The molecule has 30 heavy (non-hydrogen) atoms. The van der Waals surface area contributed by atoms with E-state index in [1.807, 2.05) is 0 Å². The number of nitrogens with zero attached hydrogens (tertiary/aromatic N) is 4. The summed E-state index contributed by atoms with van der Waals surface area (Å²) in [6, 6.07) is 9.98. The summed E-state index contributed by atoms with van der Waals surface area (Å²) in [4.78, 5) is 12.2. The highest BCUT2D eigenvalue weighted by atomic mass is 35.5. The van der Waals surface area contributed by atoms with Crippen LogP contribution < -0.4 is 5.32 Å². The lowest BCUT2D eigenvalue weighted by atomic mass is 10.1. The van der Waals surface area contributed by atoms with Gasteiger partial charge in [-0.15, -0.1) is 10.2 Å². The van der Waals surface area contributed by atoms with E-state index in [1.165, 1.54) is 16.8 Å². The van der Waals surface area contributed by atoms with Crippen LogP contribution in [0.25, 0.3) is 11.5 Å². The van der Waals surface area contributed by atoms with E-state index >= 15 is 0 Å². The molecule has 1 amide bonds. The average molecular weight is 430 g/mol. The third kappa shape index (κ3) is 4.06. The van der Waals surface area contributed by atoms with Crippen molar-refractivity contribution in [3.8, 4) is 11.5 Å². The third-order valence-corrected chi connectivity index (χ3v) is 4.59. The molecular formula is C20H14ClF2N5O2. The zero-order valence-electron chi connectivity index (χ0n) is 15.6. The Morgan fingerprint density at radius 1 is 1.17 bits per heavy atom. The van der Waals surface area contributed by atoms with Crippen LogP contribution in [0.1, 0.15) is 21.8 Å². The van der Waals surface area contributed by atoms with E-state index < -0.39 is 23.1 Å². The number of hydrogen-bond acceptors (Lipinski definition) is 5. The predicted octanol–water partition coefficient (Wildman–Crippen LogP) is 4.47. The Morgan fingerprint density at radius 2 is 1.93 bits per heavy atom. The number of halogens is 3. The Labute approximate surface area is 174 Å². The highest BCUT2D eigenvalue weighted by Gasteiger charge is 2.18. The van der Waals surface area contributed by atoms with E-state index in [2.05, 4.69) is 20.6 Å². The molecule has 4 rings (SSSR count). The fourth-order valence-electron chi connectivity index (χ4n) is 2.83. The van der Waals surface area contributed by atoms with Gasteiger partial charge < -0.3 is 9.73 Å². The first-order valence-corrected chi connectivity index (χ1v) is 9.16. The number of hydrogen-bond donors (Lipinski definition) is 1. The lowest BCUT2D eigenvalue weighted by Crippen LogP contribution is -2.16. The maximum atomic E-state index is 13.8. The van der Waals surface area contributed by atoms with Crippen LogP contribution in [0.3, 0.4) is 0 Å². The van der Waals surface area contributed by atoms with Crippen LogP contribution >= 0.6 is 11.6 Å². The van der Waals surface area contributed by atoms with E-state index in [4.69, 9.17) is 16.0 Å². The van der Waals surface area contributed by atoms with E-state index in [1.54, 1.807) is 31.3 Å². The molecule has 1 N–H and O–H groups in total. The minimum Gasteiger partial charge on any atom is -0.421 e. The van der Waals surface area contributed by atoms with E-state index in [0.29, 0.717) is 22.4 Å². The van der Waals surface area contributed by atoms with Gasteiger partial charge in [0.05, 0.1) is 6.54 Å². The number of aryl methyl sites for hydroxylation is 1. The largest absolute Gasteiger partial charge is 0.421 e. The van der Waals surface area contributed by atoms with Gasteiger partial charge in [0.2, 0.25) is 11.8 Å². The fraction of sp³-hybridized carbons (Fsp3) is 0.100. The first-order valence-electron chi connectivity index (χ1n) is 8.78. The predicted molar refractivity (Wildman–Crippen MR) is 105 cm³/mol. The minimum absolute atomic E-state index is 0.141. The quantitative estimate of drug-likeness (QED) is 0.505. The molecule has 0 aliphatic rings. The van der Waals surface area contributed by atoms with Crippen LogP contribution in [0.5, 0.6) is 0 Å². The Hall–Kier alpha value is -3.59. The van der Waals surface area contributed by atoms with Gasteiger partial charge in [0.15, 0.2) is 5.82 Å². The molecule has 4 aromatic rings. The highest BCUT2D eigenvalue weighted by molar-refractivity contribution is 6.31. The van der Waals surface area contributed by atoms with Crippen LogP contribution in [0.4, 0.5) is 14.6 Å². The molecule has 0 spiro atoms. The summed E-state index contributed by atoms with van der Waals surface area (Å²) in [6.45, 7) is 1.98. The normalized spacial score (nSPS) is 10.9. The molecule has 0 fully saturated rings. The summed E-state index contributed by atoms with van der Waals surface area (Å²) < 4.78 is 34.5. The fourth-order valence-corrected chi connectivity index (χ4v) is 3.00. The number of benzene rings is 2. The minimum atomic E-state index is -0.952. The molecule has 7 nitrogen and oxygen atoms in total. The van der Waals surface area contributed by atoms with Crippen molar-refractivity contribution in [1.82, 2.24) is 20.0 Å². The Bertz CT molecular complexity index is 1220. The van der Waals surface area contributed by atoms with Gasteiger partial charge >= 0.3 is 0 Å². The molecule has 2 heterocycles. The molecule has 0 atom stereocenters. The van der Waals surface area contributed by atoms with Crippen molar-refractivity contribution in [3.05, 3.63) is 82.3 Å².